The lowest BCUT2D eigenvalue weighted by Gasteiger charge is -2.36. The van der Waals surface area contributed by atoms with Crippen molar-refractivity contribution in [2.75, 3.05) is 13.6 Å². The summed E-state index contributed by atoms with van der Waals surface area (Å²) in [4.78, 5) is 12.0. The Morgan fingerprint density at radius 1 is 1.38 bits per heavy atom. The molecule has 1 aliphatic rings. The standard InChI is InChI=1S/C13H18N2O/c1-14-13(8-5-9-15-12(13)16)10-11-6-3-2-4-7-11/h2-4,6-7,14H,5,8-10H2,1H3,(H,15,16). The number of carbonyl (C=O) groups is 1. The van der Waals surface area contributed by atoms with Gasteiger partial charge in [0.2, 0.25) is 5.91 Å². The van der Waals surface area contributed by atoms with E-state index in [4.69, 9.17) is 0 Å². The molecule has 1 heterocycles. The molecule has 0 spiro atoms. The molecule has 1 saturated heterocycles. The van der Waals surface area contributed by atoms with Crippen molar-refractivity contribution in [1.29, 1.82) is 0 Å². The Labute approximate surface area is 96.2 Å². The second-order valence-electron chi connectivity index (χ2n) is 4.35. The van der Waals surface area contributed by atoms with E-state index in [1.807, 2.05) is 25.2 Å². The number of carbonyl (C=O) groups excluding carboxylic acids is 1. The monoisotopic (exact) mass is 218 g/mol. The van der Waals surface area contributed by atoms with E-state index in [0.29, 0.717) is 0 Å². The number of nitrogens with one attached hydrogen (secondary N) is 2. The summed E-state index contributed by atoms with van der Waals surface area (Å²) in [5.41, 5.74) is 0.786. The van der Waals surface area contributed by atoms with E-state index >= 15 is 0 Å². The second-order valence-corrected chi connectivity index (χ2v) is 4.35. The zero-order valence-electron chi connectivity index (χ0n) is 9.62. The van der Waals surface area contributed by atoms with Crippen molar-refractivity contribution in [2.45, 2.75) is 24.8 Å². The molecule has 3 nitrogen and oxygen atoms in total. The van der Waals surface area contributed by atoms with Crippen LogP contribution in [0.4, 0.5) is 0 Å². The molecule has 0 saturated carbocycles. The normalized spacial score (nSPS) is 25.2. The quantitative estimate of drug-likeness (QED) is 0.797. The van der Waals surface area contributed by atoms with Crippen LogP contribution in [0.5, 0.6) is 0 Å². The molecule has 0 radical (unpaired) electrons. The van der Waals surface area contributed by atoms with E-state index in [1.165, 1.54) is 5.56 Å². The van der Waals surface area contributed by atoms with Crippen LogP contribution in [0, 0.1) is 0 Å². The molecule has 1 fully saturated rings. The molecule has 0 aliphatic carbocycles. The fraction of sp³-hybridized carbons (Fsp3) is 0.462. The molecule has 2 rings (SSSR count). The van der Waals surface area contributed by atoms with Crippen molar-refractivity contribution in [3.05, 3.63) is 35.9 Å². The lowest BCUT2D eigenvalue weighted by atomic mass is 9.83. The van der Waals surface area contributed by atoms with Crippen LogP contribution in [0.2, 0.25) is 0 Å². The molecule has 1 unspecified atom stereocenters. The first-order valence-electron chi connectivity index (χ1n) is 5.78. The summed E-state index contributed by atoms with van der Waals surface area (Å²) < 4.78 is 0. The van der Waals surface area contributed by atoms with Crippen LogP contribution >= 0.6 is 0 Å². The van der Waals surface area contributed by atoms with Crippen molar-refractivity contribution in [3.63, 3.8) is 0 Å². The van der Waals surface area contributed by atoms with Crippen molar-refractivity contribution in [2.24, 2.45) is 0 Å². The summed E-state index contributed by atoms with van der Waals surface area (Å²) in [6.07, 6.45) is 2.71. The second kappa shape index (κ2) is 4.66. The minimum Gasteiger partial charge on any atom is -0.354 e. The van der Waals surface area contributed by atoms with Crippen LogP contribution in [-0.2, 0) is 11.2 Å². The van der Waals surface area contributed by atoms with Crippen LogP contribution in [-0.4, -0.2) is 25.0 Å². The van der Waals surface area contributed by atoms with Gasteiger partial charge in [-0.05, 0) is 31.9 Å². The Balaban J connectivity index is 2.18. The Morgan fingerprint density at radius 2 is 2.12 bits per heavy atom. The molecule has 1 amide bonds. The smallest absolute Gasteiger partial charge is 0.240 e. The Kier molecular flexibility index (Phi) is 3.25. The van der Waals surface area contributed by atoms with E-state index < -0.39 is 5.54 Å². The highest BCUT2D eigenvalue weighted by Gasteiger charge is 2.38. The number of likely N-dealkylation sites (N-methyl/N-ethyl adjacent to an activating group) is 1. The third kappa shape index (κ3) is 2.09. The minimum atomic E-state index is -0.417. The van der Waals surface area contributed by atoms with E-state index in [-0.39, 0.29) is 5.91 Å². The van der Waals surface area contributed by atoms with Crippen molar-refractivity contribution < 1.29 is 4.79 Å². The van der Waals surface area contributed by atoms with Gasteiger partial charge in [0, 0.05) is 6.54 Å². The summed E-state index contributed by atoms with van der Waals surface area (Å²) in [5.74, 6) is 0.130. The summed E-state index contributed by atoms with van der Waals surface area (Å²) in [6, 6.07) is 10.2. The van der Waals surface area contributed by atoms with Gasteiger partial charge in [-0.15, -0.1) is 0 Å². The molecular weight excluding hydrogens is 200 g/mol. The molecule has 3 heteroatoms. The minimum absolute atomic E-state index is 0.130. The Hall–Kier alpha value is -1.35. The molecule has 16 heavy (non-hydrogen) atoms. The van der Waals surface area contributed by atoms with E-state index in [2.05, 4.69) is 22.8 Å². The van der Waals surface area contributed by atoms with Gasteiger partial charge in [-0.1, -0.05) is 30.3 Å². The fourth-order valence-corrected chi connectivity index (χ4v) is 2.31. The number of hydrogen-bond acceptors (Lipinski definition) is 2. The van der Waals surface area contributed by atoms with Crippen LogP contribution < -0.4 is 10.6 Å². The first-order valence-corrected chi connectivity index (χ1v) is 5.78. The lowest BCUT2D eigenvalue weighted by molar-refractivity contribution is -0.129. The zero-order chi connectivity index (χ0) is 11.4. The largest absolute Gasteiger partial charge is 0.354 e. The number of hydrogen-bond donors (Lipinski definition) is 2. The highest BCUT2D eigenvalue weighted by Crippen LogP contribution is 2.22. The first-order chi connectivity index (χ1) is 7.77. The van der Waals surface area contributed by atoms with Crippen LogP contribution in [0.1, 0.15) is 18.4 Å². The van der Waals surface area contributed by atoms with Gasteiger partial charge < -0.3 is 10.6 Å². The third-order valence-corrected chi connectivity index (χ3v) is 3.33. The van der Waals surface area contributed by atoms with Crippen LogP contribution in [0.3, 0.4) is 0 Å². The van der Waals surface area contributed by atoms with Gasteiger partial charge in [0.05, 0.1) is 0 Å². The summed E-state index contributed by atoms with van der Waals surface area (Å²) in [7, 11) is 1.87. The highest BCUT2D eigenvalue weighted by atomic mass is 16.2. The van der Waals surface area contributed by atoms with Crippen molar-refractivity contribution in [3.8, 4) is 0 Å². The topological polar surface area (TPSA) is 41.1 Å². The van der Waals surface area contributed by atoms with Gasteiger partial charge in [0.15, 0.2) is 0 Å². The Bertz CT molecular complexity index is 363. The van der Waals surface area contributed by atoms with Gasteiger partial charge in [0.25, 0.3) is 0 Å². The van der Waals surface area contributed by atoms with E-state index in [9.17, 15) is 4.79 Å². The average Bonchev–Trinajstić information content (AvgIpc) is 2.34. The summed E-state index contributed by atoms with van der Waals surface area (Å²) >= 11 is 0. The molecule has 0 bridgehead atoms. The van der Waals surface area contributed by atoms with Gasteiger partial charge in [-0.3, -0.25) is 4.79 Å². The molecule has 1 aromatic rings. The number of benzene rings is 1. The van der Waals surface area contributed by atoms with E-state index in [1.54, 1.807) is 0 Å². The maximum Gasteiger partial charge on any atom is 0.240 e. The molecule has 1 aromatic carbocycles. The lowest BCUT2D eigenvalue weighted by Crippen LogP contribution is -2.60. The molecule has 0 aromatic heterocycles. The van der Waals surface area contributed by atoms with Gasteiger partial charge in [0.1, 0.15) is 5.54 Å². The number of amides is 1. The molecule has 1 atom stereocenters. The van der Waals surface area contributed by atoms with Crippen LogP contribution in [0.25, 0.3) is 0 Å². The number of rotatable bonds is 3. The zero-order valence-corrected chi connectivity index (χ0v) is 9.62. The van der Waals surface area contributed by atoms with Gasteiger partial charge in [-0.25, -0.2) is 0 Å². The first kappa shape index (κ1) is 11.1. The molecular formula is C13H18N2O. The maximum absolute atomic E-state index is 12.0. The number of piperidine rings is 1. The average molecular weight is 218 g/mol. The van der Waals surface area contributed by atoms with Crippen molar-refractivity contribution in [1.82, 2.24) is 10.6 Å². The molecule has 2 N–H and O–H groups in total. The molecule has 1 aliphatic heterocycles. The predicted octanol–water partition coefficient (Wildman–Crippen LogP) is 1.10. The SMILES string of the molecule is CNC1(Cc2ccccc2)CCCNC1=O. The van der Waals surface area contributed by atoms with Gasteiger partial charge in [-0.2, -0.15) is 0 Å². The summed E-state index contributed by atoms with van der Waals surface area (Å²) in [6.45, 7) is 0.803. The van der Waals surface area contributed by atoms with Gasteiger partial charge >= 0.3 is 0 Å². The Morgan fingerprint density at radius 3 is 2.75 bits per heavy atom. The maximum atomic E-state index is 12.0. The fourth-order valence-electron chi connectivity index (χ4n) is 2.31. The molecule has 86 valence electrons. The third-order valence-electron chi connectivity index (χ3n) is 3.33. The van der Waals surface area contributed by atoms with Crippen molar-refractivity contribution >= 4 is 5.91 Å². The van der Waals surface area contributed by atoms with E-state index in [0.717, 1.165) is 25.8 Å². The highest BCUT2D eigenvalue weighted by molar-refractivity contribution is 5.87. The van der Waals surface area contributed by atoms with Crippen LogP contribution in [0.15, 0.2) is 30.3 Å². The predicted molar refractivity (Wildman–Crippen MR) is 64.2 cm³/mol. The summed E-state index contributed by atoms with van der Waals surface area (Å²) in [5, 5.41) is 6.15.